The Labute approximate surface area is 116 Å². The van der Waals surface area contributed by atoms with Gasteiger partial charge in [-0.15, -0.1) is 0 Å². The molecule has 4 nitrogen and oxygen atoms in total. The molecular formula is C15H26N4. The molecule has 19 heavy (non-hydrogen) atoms. The highest BCUT2D eigenvalue weighted by molar-refractivity contribution is 5.41. The van der Waals surface area contributed by atoms with Crippen molar-refractivity contribution in [3.8, 4) is 0 Å². The molecule has 0 aliphatic carbocycles. The van der Waals surface area contributed by atoms with Gasteiger partial charge in [-0.3, -0.25) is 4.90 Å². The van der Waals surface area contributed by atoms with Gasteiger partial charge in [0.1, 0.15) is 5.82 Å². The summed E-state index contributed by atoms with van der Waals surface area (Å²) >= 11 is 0. The Hall–Kier alpha value is -1.13. The number of aromatic nitrogens is 1. The standard InChI is InChI=1S/C15H26N4/c1-4-16-11-14-6-7-17-15(10-14)19-9-8-18(5-2)13(3)12-19/h6-7,10,13,16H,4-5,8-9,11-12H2,1-3H3. The molecule has 0 radical (unpaired) electrons. The first-order valence-corrected chi connectivity index (χ1v) is 7.39. The molecule has 1 N–H and O–H groups in total. The predicted molar refractivity (Wildman–Crippen MR) is 80.5 cm³/mol. The van der Waals surface area contributed by atoms with E-state index in [4.69, 9.17) is 0 Å². The van der Waals surface area contributed by atoms with Crippen molar-refractivity contribution in [3.05, 3.63) is 23.9 Å². The maximum atomic E-state index is 4.54. The molecule has 1 atom stereocenters. The number of rotatable bonds is 5. The van der Waals surface area contributed by atoms with Crippen LogP contribution in [0.3, 0.4) is 0 Å². The molecule has 1 aliphatic rings. The third kappa shape index (κ3) is 3.67. The molecule has 4 heteroatoms. The van der Waals surface area contributed by atoms with Gasteiger partial charge in [0.05, 0.1) is 0 Å². The van der Waals surface area contributed by atoms with E-state index in [0.29, 0.717) is 6.04 Å². The van der Waals surface area contributed by atoms with Crippen LogP contribution < -0.4 is 10.2 Å². The summed E-state index contributed by atoms with van der Waals surface area (Å²) in [7, 11) is 0. The normalized spacial score (nSPS) is 20.8. The van der Waals surface area contributed by atoms with Crippen LogP contribution in [0.2, 0.25) is 0 Å². The summed E-state index contributed by atoms with van der Waals surface area (Å²) in [5.74, 6) is 1.12. The summed E-state index contributed by atoms with van der Waals surface area (Å²) in [5, 5.41) is 3.37. The first kappa shape index (κ1) is 14.3. The maximum Gasteiger partial charge on any atom is 0.128 e. The fraction of sp³-hybridized carbons (Fsp3) is 0.667. The van der Waals surface area contributed by atoms with Crippen LogP contribution in [0.5, 0.6) is 0 Å². The van der Waals surface area contributed by atoms with Crippen molar-refractivity contribution in [1.82, 2.24) is 15.2 Å². The molecule has 1 unspecified atom stereocenters. The third-order valence-corrected chi connectivity index (χ3v) is 3.88. The van der Waals surface area contributed by atoms with Crippen LogP contribution in [0.25, 0.3) is 0 Å². The number of pyridine rings is 1. The fourth-order valence-corrected chi connectivity index (χ4v) is 2.69. The molecule has 1 saturated heterocycles. The van der Waals surface area contributed by atoms with E-state index in [1.807, 2.05) is 6.20 Å². The van der Waals surface area contributed by atoms with Gasteiger partial charge in [-0.05, 0) is 37.7 Å². The Balaban J connectivity index is 2.02. The Kier molecular flexibility index (Phi) is 5.16. The maximum absolute atomic E-state index is 4.54. The summed E-state index contributed by atoms with van der Waals surface area (Å²) < 4.78 is 0. The van der Waals surface area contributed by atoms with Crippen LogP contribution in [0.1, 0.15) is 26.3 Å². The smallest absolute Gasteiger partial charge is 0.128 e. The van der Waals surface area contributed by atoms with Crippen LogP contribution in [0.15, 0.2) is 18.3 Å². The Morgan fingerprint density at radius 3 is 2.89 bits per heavy atom. The molecule has 1 aromatic rings. The lowest BCUT2D eigenvalue weighted by atomic mass is 10.1. The second-order valence-corrected chi connectivity index (χ2v) is 5.23. The SMILES string of the molecule is CCNCc1ccnc(N2CCN(CC)C(C)C2)c1. The molecule has 106 valence electrons. The van der Waals surface area contributed by atoms with Crippen LogP contribution >= 0.6 is 0 Å². The highest BCUT2D eigenvalue weighted by Gasteiger charge is 2.23. The van der Waals surface area contributed by atoms with E-state index in [0.717, 1.165) is 45.1 Å². The first-order valence-electron chi connectivity index (χ1n) is 7.39. The van der Waals surface area contributed by atoms with E-state index in [1.165, 1.54) is 5.56 Å². The van der Waals surface area contributed by atoms with Crippen molar-refractivity contribution >= 4 is 5.82 Å². The number of anilines is 1. The lowest BCUT2D eigenvalue weighted by molar-refractivity contribution is 0.199. The summed E-state index contributed by atoms with van der Waals surface area (Å²) in [4.78, 5) is 9.47. The molecular weight excluding hydrogens is 236 g/mol. The largest absolute Gasteiger partial charge is 0.354 e. The minimum absolute atomic E-state index is 0.609. The molecule has 0 amide bonds. The number of nitrogens with one attached hydrogen (secondary N) is 1. The highest BCUT2D eigenvalue weighted by atomic mass is 15.3. The van der Waals surface area contributed by atoms with Crippen molar-refractivity contribution in [2.75, 3.05) is 37.6 Å². The fourth-order valence-electron chi connectivity index (χ4n) is 2.69. The molecule has 0 aromatic carbocycles. The number of piperazine rings is 1. The zero-order valence-corrected chi connectivity index (χ0v) is 12.4. The molecule has 0 spiro atoms. The van der Waals surface area contributed by atoms with E-state index in [1.54, 1.807) is 0 Å². The first-order chi connectivity index (χ1) is 9.24. The van der Waals surface area contributed by atoms with Gasteiger partial charge < -0.3 is 10.2 Å². The number of hydrogen-bond donors (Lipinski definition) is 1. The second-order valence-electron chi connectivity index (χ2n) is 5.23. The molecule has 1 fully saturated rings. The average Bonchev–Trinajstić information content (AvgIpc) is 2.45. The second kappa shape index (κ2) is 6.87. The van der Waals surface area contributed by atoms with Gasteiger partial charge in [0.15, 0.2) is 0 Å². The Morgan fingerprint density at radius 1 is 1.37 bits per heavy atom. The van der Waals surface area contributed by atoms with Gasteiger partial charge in [-0.25, -0.2) is 4.98 Å². The summed E-state index contributed by atoms with van der Waals surface area (Å²) in [6, 6.07) is 4.92. The minimum Gasteiger partial charge on any atom is -0.354 e. The zero-order valence-electron chi connectivity index (χ0n) is 12.4. The number of likely N-dealkylation sites (N-methyl/N-ethyl adjacent to an activating group) is 1. The van der Waals surface area contributed by atoms with E-state index < -0.39 is 0 Å². The van der Waals surface area contributed by atoms with Crippen LogP contribution in [0, 0.1) is 0 Å². The van der Waals surface area contributed by atoms with Gasteiger partial charge in [0, 0.05) is 38.4 Å². The van der Waals surface area contributed by atoms with Gasteiger partial charge in [-0.2, -0.15) is 0 Å². The quantitative estimate of drug-likeness (QED) is 0.875. The van der Waals surface area contributed by atoms with Crippen molar-refractivity contribution in [3.63, 3.8) is 0 Å². The molecule has 0 bridgehead atoms. The lowest BCUT2D eigenvalue weighted by Gasteiger charge is -2.40. The van der Waals surface area contributed by atoms with E-state index in [-0.39, 0.29) is 0 Å². The highest BCUT2D eigenvalue weighted by Crippen LogP contribution is 2.17. The number of hydrogen-bond acceptors (Lipinski definition) is 4. The van der Waals surface area contributed by atoms with Gasteiger partial charge >= 0.3 is 0 Å². The molecule has 0 saturated carbocycles. The molecule has 1 aromatic heterocycles. The predicted octanol–water partition coefficient (Wildman–Crippen LogP) is 1.72. The summed E-state index contributed by atoms with van der Waals surface area (Å²) in [6.07, 6.45) is 1.93. The monoisotopic (exact) mass is 262 g/mol. The third-order valence-electron chi connectivity index (χ3n) is 3.88. The average molecular weight is 262 g/mol. The molecule has 2 heterocycles. The topological polar surface area (TPSA) is 31.4 Å². The zero-order chi connectivity index (χ0) is 13.7. The van der Waals surface area contributed by atoms with Crippen molar-refractivity contribution in [2.24, 2.45) is 0 Å². The van der Waals surface area contributed by atoms with Crippen LogP contribution in [0.4, 0.5) is 5.82 Å². The Morgan fingerprint density at radius 2 is 2.21 bits per heavy atom. The van der Waals surface area contributed by atoms with Gasteiger partial charge in [-0.1, -0.05) is 13.8 Å². The van der Waals surface area contributed by atoms with Crippen molar-refractivity contribution in [2.45, 2.75) is 33.4 Å². The van der Waals surface area contributed by atoms with Crippen molar-refractivity contribution in [1.29, 1.82) is 0 Å². The number of nitrogens with zero attached hydrogens (tertiary/aromatic N) is 3. The minimum atomic E-state index is 0.609. The molecule has 2 rings (SSSR count). The lowest BCUT2D eigenvalue weighted by Crippen LogP contribution is -2.52. The molecule has 1 aliphatic heterocycles. The van der Waals surface area contributed by atoms with Gasteiger partial charge in [0.2, 0.25) is 0 Å². The van der Waals surface area contributed by atoms with E-state index in [9.17, 15) is 0 Å². The van der Waals surface area contributed by atoms with Crippen LogP contribution in [-0.4, -0.2) is 48.6 Å². The van der Waals surface area contributed by atoms with Gasteiger partial charge in [0.25, 0.3) is 0 Å². The van der Waals surface area contributed by atoms with E-state index >= 15 is 0 Å². The van der Waals surface area contributed by atoms with E-state index in [2.05, 4.69) is 53.0 Å². The summed E-state index contributed by atoms with van der Waals surface area (Å²) in [5.41, 5.74) is 1.32. The van der Waals surface area contributed by atoms with Crippen molar-refractivity contribution < 1.29 is 0 Å². The van der Waals surface area contributed by atoms with Crippen LogP contribution in [-0.2, 0) is 6.54 Å². The summed E-state index contributed by atoms with van der Waals surface area (Å²) in [6.45, 7) is 13.0. The Bertz CT molecular complexity index is 393.